The van der Waals surface area contributed by atoms with Gasteiger partial charge in [0.15, 0.2) is 0 Å². The minimum absolute atomic E-state index is 0.398. The Hall–Kier alpha value is -1.88. The second-order valence-corrected chi connectivity index (χ2v) is 6.05. The number of anilines is 1. The molecule has 0 spiro atoms. The molecule has 23 heavy (non-hydrogen) atoms. The fourth-order valence-electron chi connectivity index (χ4n) is 3.13. The number of likely N-dealkylation sites (N-methyl/N-ethyl adjacent to an activating group) is 1. The number of rotatable bonds is 7. The van der Waals surface area contributed by atoms with Crippen LogP contribution in [-0.2, 0) is 9.59 Å². The van der Waals surface area contributed by atoms with Gasteiger partial charge in [-0.25, -0.2) is 0 Å². The maximum Gasteiger partial charge on any atom is 0.265 e. The molecule has 2 N–H and O–H groups in total. The highest BCUT2D eigenvalue weighted by Crippen LogP contribution is 2.26. The van der Waals surface area contributed by atoms with Crippen molar-refractivity contribution in [2.75, 3.05) is 18.0 Å². The van der Waals surface area contributed by atoms with Crippen molar-refractivity contribution in [2.24, 2.45) is 5.92 Å². The van der Waals surface area contributed by atoms with Crippen LogP contribution in [0.5, 0.6) is 0 Å². The third kappa shape index (κ3) is 4.79. The fraction of sp³-hybridized carbons (Fsp3) is 0.556. The first kappa shape index (κ1) is 17.5. The molecule has 2 amide bonds. The van der Waals surface area contributed by atoms with E-state index >= 15 is 0 Å². The van der Waals surface area contributed by atoms with Crippen LogP contribution < -0.4 is 10.2 Å². The van der Waals surface area contributed by atoms with Crippen molar-refractivity contribution < 1.29 is 14.7 Å². The fourth-order valence-corrected chi connectivity index (χ4v) is 3.13. The average Bonchev–Trinajstić information content (AvgIpc) is 3.09. The van der Waals surface area contributed by atoms with Gasteiger partial charge in [0.25, 0.3) is 11.8 Å². The molecule has 0 aromatic heterocycles. The van der Waals surface area contributed by atoms with Gasteiger partial charge < -0.3 is 15.3 Å². The molecule has 0 unspecified atom stereocenters. The summed E-state index contributed by atoms with van der Waals surface area (Å²) >= 11 is 0. The lowest BCUT2D eigenvalue weighted by atomic mass is 10.0. The van der Waals surface area contributed by atoms with Crippen LogP contribution in [0.3, 0.4) is 0 Å². The van der Waals surface area contributed by atoms with Gasteiger partial charge in [0.2, 0.25) is 6.10 Å². The van der Waals surface area contributed by atoms with E-state index < -0.39 is 17.9 Å². The highest BCUT2D eigenvalue weighted by molar-refractivity contribution is 6.10. The highest BCUT2D eigenvalue weighted by Gasteiger charge is 2.28. The van der Waals surface area contributed by atoms with Gasteiger partial charge in [-0.1, -0.05) is 43.9 Å². The van der Waals surface area contributed by atoms with Crippen LogP contribution >= 0.6 is 0 Å². The largest absolute Gasteiger partial charge is 0.375 e. The third-order valence-electron chi connectivity index (χ3n) is 4.46. The normalized spacial score (nSPS) is 16.1. The molecule has 0 heterocycles. The topological polar surface area (TPSA) is 69.6 Å². The number of carbonyl (C=O) groups excluding carboxylic acids is 2. The number of aliphatic hydroxyl groups excluding tert-OH is 1. The predicted molar refractivity (Wildman–Crippen MR) is 90.1 cm³/mol. The molecule has 0 aliphatic heterocycles. The van der Waals surface area contributed by atoms with Gasteiger partial charge in [-0.3, -0.25) is 9.59 Å². The summed E-state index contributed by atoms with van der Waals surface area (Å²) in [4.78, 5) is 25.8. The number of carbonyl (C=O) groups is 2. The van der Waals surface area contributed by atoms with Gasteiger partial charge in [-0.05, 0) is 31.4 Å². The van der Waals surface area contributed by atoms with Crippen molar-refractivity contribution in [3.8, 4) is 0 Å². The van der Waals surface area contributed by atoms with Crippen LogP contribution in [0.15, 0.2) is 30.3 Å². The molecule has 1 atom stereocenters. The number of nitrogens with one attached hydrogen (secondary N) is 1. The number of hydrogen-bond acceptors (Lipinski definition) is 3. The molecule has 126 valence electrons. The summed E-state index contributed by atoms with van der Waals surface area (Å²) in [6, 6.07) is 9.06. The summed E-state index contributed by atoms with van der Waals surface area (Å²) in [6.07, 6.45) is 4.23. The van der Waals surface area contributed by atoms with Gasteiger partial charge in [0.1, 0.15) is 0 Å². The summed E-state index contributed by atoms with van der Waals surface area (Å²) in [5.41, 5.74) is 0.679. The van der Waals surface area contributed by atoms with E-state index in [0.717, 1.165) is 6.42 Å². The van der Waals surface area contributed by atoms with E-state index in [1.54, 1.807) is 12.1 Å². The number of nitrogens with zero attached hydrogens (tertiary/aromatic N) is 1. The van der Waals surface area contributed by atoms with Crippen LogP contribution in [0.25, 0.3) is 0 Å². The van der Waals surface area contributed by atoms with E-state index in [1.807, 2.05) is 25.1 Å². The van der Waals surface area contributed by atoms with E-state index in [9.17, 15) is 14.7 Å². The Morgan fingerprint density at radius 1 is 1.26 bits per heavy atom. The Balaban J connectivity index is 1.85. The molecular formula is C18H26N2O3. The summed E-state index contributed by atoms with van der Waals surface area (Å²) in [5, 5.41) is 12.7. The molecule has 1 fully saturated rings. The molecule has 5 heteroatoms. The first-order chi connectivity index (χ1) is 11.1. The summed E-state index contributed by atoms with van der Waals surface area (Å²) in [5.74, 6) is -0.529. The Labute approximate surface area is 137 Å². The zero-order chi connectivity index (χ0) is 16.7. The van der Waals surface area contributed by atoms with E-state index in [0.29, 0.717) is 24.7 Å². The van der Waals surface area contributed by atoms with Gasteiger partial charge in [-0.15, -0.1) is 0 Å². The number of benzene rings is 1. The molecule has 1 aromatic carbocycles. The molecule has 1 aromatic rings. The second-order valence-electron chi connectivity index (χ2n) is 6.05. The van der Waals surface area contributed by atoms with Crippen LogP contribution in [0.4, 0.5) is 5.69 Å². The van der Waals surface area contributed by atoms with Crippen LogP contribution in [-0.4, -0.2) is 36.1 Å². The molecular weight excluding hydrogens is 292 g/mol. The Bertz CT molecular complexity index is 512. The smallest absolute Gasteiger partial charge is 0.265 e. The Morgan fingerprint density at radius 3 is 2.52 bits per heavy atom. The van der Waals surface area contributed by atoms with Crippen molar-refractivity contribution in [2.45, 2.75) is 45.1 Å². The zero-order valence-corrected chi connectivity index (χ0v) is 13.7. The summed E-state index contributed by atoms with van der Waals surface area (Å²) in [7, 11) is 0. The van der Waals surface area contributed by atoms with Gasteiger partial charge in [0.05, 0.1) is 0 Å². The molecule has 1 saturated carbocycles. The Kier molecular flexibility index (Phi) is 6.59. The second kappa shape index (κ2) is 8.67. The van der Waals surface area contributed by atoms with Gasteiger partial charge >= 0.3 is 0 Å². The van der Waals surface area contributed by atoms with E-state index in [2.05, 4.69) is 5.32 Å². The number of para-hydroxylation sites is 1. The van der Waals surface area contributed by atoms with E-state index in [4.69, 9.17) is 0 Å². The van der Waals surface area contributed by atoms with E-state index in [-0.39, 0.29) is 0 Å². The quantitative estimate of drug-likeness (QED) is 0.756. The lowest BCUT2D eigenvalue weighted by Crippen LogP contribution is -2.48. The minimum Gasteiger partial charge on any atom is -0.375 e. The lowest BCUT2D eigenvalue weighted by molar-refractivity contribution is -0.139. The van der Waals surface area contributed by atoms with Crippen molar-refractivity contribution in [3.63, 3.8) is 0 Å². The third-order valence-corrected chi connectivity index (χ3v) is 4.46. The van der Waals surface area contributed by atoms with Gasteiger partial charge in [0, 0.05) is 18.8 Å². The van der Waals surface area contributed by atoms with Crippen LogP contribution in [0.1, 0.15) is 39.0 Å². The first-order valence-corrected chi connectivity index (χ1v) is 8.45. The summed E-state index contributed by atoms with van der Waals surface area (Å²) in [6.45, 7) is 2.73. The van der Waals surface area contributed by atoms with Gasteiger partial charge in [-0.2, -0.15) is 0 Å². The molecule has 5 nitrogen and oxygen atoms in total. The molecule has 0 bridgehead atoms. The standard InChI is InChI=1S/C18H26N2O3/c1-2-20(15-10-4-3-5-11-15)18(23)16(21)17(22)19-13-12-14-8-6-7-9-14/h3-5,10-11,14,16,21H,2,6-9,12-13H2,1H3,(H,19,22)/t16-/m0/s1. The minimum atomic E-state index is -1.65. The lowest BCUT2D eigenvalue weighted by Gasteiger charge is -2.23. The predicted octanol–water partition coefficient (Wildman–Crippen LogP) is 2.10. The van der Waals surface area contributed by atoms with Crippen LogP contribution in [0, 0.1) is 5.92 Å². The molecule has 2 rings (SSSR count). The first-order valence-electron chi connectivity index (χ1n) is 8.45. The number of hydrogen-bond donors (Lipinski definition) is 2. The maximum atomic E-state index is 12.4. The SMILES string of the molecule is CCN(C(=O)[C@@H](O)C(=O)NCCC1CCCC1)c1ccccc1. The van der Waals surface area contributed by atoms with Crippen molar-refractivity contribution in [3.05, 3.63) is 30.3 Å². The van der Waals surface area contributed by atoms with E-state index in [1.165, 1.54) is 30.6 Å². The number of amides is 2. The molecule has 1 aliphatic rings. The van der Waals surface area contributed by atoms with Crippen molar-refractivity contribution >= 4 is 17.5 Å². The zero-order valence-electron chi connectivity index (χ0n) is 13.7. The molecule has 0 radical (unpaired) electrons. The van der Waals surface area contributed by atoms with Crippen molar-refractivity contribution in [1.82, 2.24) is 5.32 Å². The average molecular weight is 318 g/mol. The highest BCUT2D eigenvalue weighted by atomic mass is 16.3. The monoisotopic (exact) mass is 318 g/mol. The molecule has 1 aliphatic carbocycles. The number of aliphatic hydroxyl groups is 1. The molecule has 0 saturated heterocycles. The summed E-state index contributed by atoms with van der Waals surface area (Å²) < 4.78 is 0. The maximum absolute atomic E-state index is 12.4. The Morgan fingerprint density at radius 2 is 1.91 bits per heavy atom. The van der Waals surface area contributed by atoms with Crippen molar-refractivity contribution in [1.29, 1.82) is 0 Å². The van der Waals surface area contributed by atoms with Crippen LogP contribution in [0.2, 0.25) is 0 Å².